The number of benzene rings is 3. The highest BCUT2D eigenvalue weighted by Crippen LogP contribution is 2.44. The number of alkyl halides is 2. The predicted octanol–water partition coefficient (Wildman–Crippen LogP) is 8.83. The van der Waals surface area contributed by atoms with Crippen molar-refractivity contribution in [2.45, 2.75) is 71.6 Å². The summed E-state index contributed by atoms with van der Waals surface area (Å²) in [7, 11) is 1.78. The molecule has 0 saturated carbocycles. The van der Waals surface area contributed by atoms with Gasteiger partial charge in [0, 0.05) is 61.9 Å². The third kappa shape index (κ3) is 7.54. The Balaban J connectivity index is 1.23. The maximum absolute atomic E-state index is 14.8. The number of rotatable bonds is 6. The van der Waals surface area contributed by atoms with Crippen LogP contribution in [0.2, 0.25) is 0 Å². The van der Waals surface area contributed by atoms with Gasteiger partial charge in [-0.15, -0.1) is 0 Å². The zero-order valence-corrected chi connectivity index (χ0v) is 30.2. The first-order valence-electron chi connectivity index (χ1n) is 17.9. The van der Waals surface area contributed by atoms with Crippen LogP contribution >= 0.6 is 0 Å². The van der Waals surface area contributed by atoms with Crippen LogP contribution in [-0.4, -0.2) is 63.5 Å². The Hall–Kier alpha value is -5.19. The Morgan fingerprint density at radius 2 is 1.67 bits per heavy atom. The van der Waals surface area contributed by atoms with Gasteiger partial charge in [0.15, 0.2) is 0 Å². The first-order valence-corrected chi connectivity index (χ1v) is 17.9. The number of aryl methyl sites for hydroxylation is 2. The van der Waals surface area contributed by atoms with Gasteiger partial charge in [0.2, 0.25) is 0 Å². The van der Waals surface area contributed by atoms with E-state index in [0.29, 0.717) is 56.7 Å². The number of carbonyl (C=O) groups is 2. The SMILES string of the molecule is Cn1cc(-c2cc3c(cc2C(F)F)N(c2cc(C4=CCN(C(=O)OCc5ccccc5)CC4)cc4c2CN(C(=O)OC(C)(C)C)CC4)CCC3)cn1. The van der Waals surface area contributed by atoms with Crippen LogP contribution in [0.25, 0.3) is 16.7 Å². The first-order chi connectivity index (χ1) is 24.9. The summed E-state index contributed by atoms with van der Waals surface area (Å²) >= 11 is 0. The highest BCUT2D eigenvalue weighted by Gasteiger charge is 2.32. The number of halogens is 2. The van der Waals surface area contributed by atoms with Crippen LogP contribution in [0, 0.1) is 0 Å². The van der Waals surface area contributed by atoms with Crippen LogP contribution in [0.4, 0.5) is 29.7 Å². The molecule has 2 amide bonds. The lowest BCUT2D eigenvalue weighted by Crippen LogP contribution is -2.40. The molecule has 11 heteroatoms. The molecular formula is C41H45F2N5O4. The van der Waals surface area contributed by atoms with Crippen molar-refractivity contribution in [3.8, 4) is 11.1 Å². The molecule has 3 aliphatic heterocycles. The van der Waals surface area contributed by atoms with E-state index in [4.69, 9.17) is 9.47 Å². The number of hydrogen-bond donors (Lipinski definition) is 0. The van der Waals surface area contributed by atoms with Crippen LogP contribution < -0.4 is 4.90 Å². The first kappa shape index (κ1) is 35.2. The van der Waals surface area contributed by atoms with E-state index >= 15 is 0 Å². The Labute approximate surface area is 303 Å². The van der Waals surface area contributed by atoms with Crippen LogP contribution in [0.15, 0.2) is 73.1 Å². The molecule has 3 aromatic carbocycles. The van der Waals surface area contributed by atoms with Gasteiger partial charge >= 0.3 is 12.2 Å². The number of ether oxygens (including phenoxy) is 2. The zero-order valence-electron chi connectivity index (χ0n) is 30.2. The van der Waals surface area contributed by atoms with E-state index in [1.165, 1.54) is 0 Å². The average molecular weight is 710 g/mol. The van der Waals surface area contributed by atoms with Gasteiger partial charge in [0.25, 0.3) is 6.43 Å². The molecule has 0 spiro atoms. The molecule has 0 bridgehead atoms. The van der Waals surface area contributed by atoms with Crippen LogP contribution in [-0.2, 0) is 42.5 Å². The van der Waals surface area contributed by atoms with Gasteiger partial charge in [-0.3, -0.25) is 4.68 Å². The van der Waals surface area contributed by atoms with Gasteiger partial charge in [0.1, 0.15) is 12.2 Å². The number of amides is 2. The van der Waals surface area contributed by atoms with Crippen molar-refractivity contribution in [1.29, 1.82) is 0 Å². The molecule has 0 fully saturated rings. The minimum absolute atomic E-state index is 0.0340. The van der Waals surface area contributed by atoms with E-state index in [1.54, 1.807) is 40.0 Å². The van der Waals surface area contributed by atoms with Gasteiger partial charge in [-0.25, -0.2) is 18.4 Å². The second-order valence-corrected chi connectivity index (χ2v) is 14.8. The molecular weight excluding hydrogens is 664 g/mol. The van der Waals surface area contributed by atoms with Crippen molar-refractivity contribution in [3.63, 3.8) is 0 Å². The fourth-order valence-electron chi connectivity index (χ4n) is 7.35. The highest BCUT2D eigenvalue weighted by molar-refractivity contribution is 5.82. The van der Waals surface area contributed by atoms with Crippen molar-refractivity contribution in [3.05, 3.63) is 106 Å². The van der Waals surface area contributed by atoms with Gasteiger partial charge in [-0.2, -0.15) is 5.10 Å². The molecule has 0 saturated heterocycles. The number of carbonyl (C=O) groups excluding carboxylic acids is 2. The third-order valence-electron chi connectivity index (χ3n) is 9.92. The summed E-state index contributed by atoms with van der Waals surface area (Å²) in [5.74, 6) is 0. The van der Waals surface area contributed by atoms with E-state index in [2.05, 4.69) is 28.2 Å². The summed E-state index contributed by atoms with van der Waals surface area (Å²) in [6.07, 6.45) is 4.94. The Morgan fingerprint density at radius 1 is 0.885 bits per heavy atom. The highest BCUT2D eigenvalue weighted by atomic mass is 19.3. The standard InChI is InChI=1S/C41H45F2N5O4/c1-41(2,3)52-40(50)47-18-14-29-19-31(28-12-16-46(17-13-28)39(49)51-26-27-9-6-5-7-10-27)21-37(35(29)25-47)48-15-8-11-30-20-33(32-23-44-45(4)24-32)34(38(42)43)22-36(30)48/h5-7,9-10,12,19-24,38H,8,11,13-18,25-26H2,1-4H3. The topological polar surface area (TPSA) is 80.1 Å². The van der Waals surface area contributed by atoms with E-state index in [9.17, 15) is 18.4 Å². The summed E-state index contributed by atoms with van der Waals surface area (Å²) in [4.78, 5) is 31.8. The smallest absolute Gasteiger partial charge is 0.410 e. The fraction of sp³-hybridized carbons (Fsp3) is 0.390. The van der Waals surface area contributed by atoms with E-state index < -0.39 is 12.0 Å². The molecule has 0 N–H and O–H groups in total. The van der Waals surface area contributed by atoms with Gasteiger partial charge in [-0.05, 0) is 104 Å². The summed E-state index contributed by atoms with van der Waals surface area (Å²) < 4.78 is 42.5. The van der Waals surface area contributed by atoms with Crippen LogP contribution in [0.5, 0.6) is 0 Å². The third-order valence-corrected chi connectivity index (χ3v) is 9.92. The minimum atomic E-state index is -2.68. The Morgan fingerprint density at radius 3 is 2.37 bits per heavy atom. The second-order valence-electron chi connectivity index (χ2n) is 14.8. The molecule has 0 radical (unpaired) electrons. The lowest BCUT2D eigenvalue weighted by molar-refractivity contribution is 0.0224. The average Bonchev–Trinajstić information content (AvgIpc) is 3.58. The summed E-state index contributed by atoms with van der Waals surface area (Å²) in [6, 6.07) is 17.5. The maximum atomic E-state index is 14.8. The maximum Gasteiger partial charge on any atom is 0.410 e. The fourth-order valence-corrected chi connectivity index (χ4v) is 7.35. The molecule has 0 aliphatic carbocycles. The minimum Gasteiger partial charge on any atom is -0.445 e. The number of fused-ring (bicyclic) bond motifs is 2. The normalized spacial score (nSPS) is 16.0. The molecule has 4 aromatic rings. The Bertz CT molecular complexity index is 2000. The molecule has 4 heterocycles. The van der Waals surface area contributed by atoms with Crippen molar-refractivity contribution in [2.75, 3.05) is 31.1 Å². The molecule has 3 aliphatic rings. The number of nitrogens with zero attached hydrogens (tertiary/aromatic N) is 5. The van der Waals surface area contributed by atoms with Crippen molar-refractivity contribution >= 4 is 29.1 Å². The second kappa shape index (κ2) is 14.4. The van der Waals surface area contributed by atoms with Gasteiger partial charge in [0.05, 0.1) is 12.7 Å². The summed E-state index contributed by atoms with van der Waals surface area (Å²) in [6.45, 7) is 8.21. The predicted molar refractivity (Wildman–Crippen MR) is 197 cm³/mol. The number of hydrogen-bond acceptors (Lipinski definition) is 6. The van der Waals surface area contributed by atoms with Gasteiger partial charge < -0.3 is 24.2 Å². The molecule has 272 valence electrons. The molecule has 52 heavy (non-hydrogen) atoms. The molecule has 9 nitrogen and oxygen atoms in total. The quantitative estimate of drug-likeness (QED) is 0.199. The monoisotopic (exact) mass is 709 g/mol. The number of anilines is 2. The van der Waals surface area contributed by atoms with Crippen LogP contribution in [0.3, 0.4) is 0 Å². The molecule has 1 aromatic heterocycles. The Kier molecular flexibility index (Phi) is 9.78. The van der Waals surface area contributed by atoms with Crippen LogP contribution in [0.1, 0.15) is 73.4 Å². The lowest BCUT2D eigenvalue weighted by atomic mass is 9.88. The van der Waals surface area contributed by atoms with Crippen molar-refractivity contribution < 1.29 is 27.8 Å². The van der Waals surface area contributed by atoms with Crippen molar-refractivity contribution in [1.82, 2.24) is 19.6 Å². The van der Waals surface area contributed by atoms with Gasteiger partial charge in [-0.1, -0.05) is 42.5 Å². The van der Waals surface area contributed by atoms with E-state index in [1.807, 2.05) is 57.2 Å². The molecule has 7 rings (SSSR count). The number of aromatic nitrogens is 2. The van der Waals surface area contributed by atoms with E-state index in [-0.39, 0.29) is 24.4 Å². The molecule has 0 unspecified atom stereocenters. The lowest BCUT2D eigenvalue weighted by Gasteiger charge is -2.38. The summed E-state index contributed by atoms with van der Waals surface area (Å²) in [5.41, 5.74) is 8.33. The van der Waals surface area contributed by atoms with Crippen molar-refractivity contribution in [2.24, 2.45) is 7.05 Å². The largest absolute Gasteiger partial charge is 0.445 e. The summed E-state index contributed by atoms with van der Waals surface area (Å²) in [5, 5.41) is 4.23. The van der Waals surface area contributed by atoms with E-state index in [0.717, 1.165) is 57.6 Å². The zero-order chi connectivity index (χ0) is 36.6. The molecule has 0 atom stereocenters.